The van der Waals surface area contributed by atoms with Crippen LogP contribution in [0.1, 0.15) is 18.5 Å². The maximum atomic E-state index is 11.4. The van der Waals surface area contributed by atoms with Gasteiger partial charge in [-0.15, -0.1) is 0 Å². The Labute approximate surface area is 98.1 Å². The van der Waals surface area contributed by atoms with E-state index in [2.05, 4.69) is 0 Å². The minimum atomic E-state index is -0.939. The van der Waals surface area contributed by atoms with E-state index in [1.807, 2.05) is 0 Å². The lowest BCUT2D eigenvalue weighted by molar-refractivity contribution is -0.144. The molecule has 0 heterocycles. The molecule has 0 spiro atoms. The molecule has 2 N–H and O–H groups in total. The number of carbonyl (C=O) groups excluding carboxylic acids is 1. The van der Waals surface area contributed by atoms with E-state index < -0.39 is 12.0 Å². The number of rotatable bonds is 3. The lowest BCUT2D eigenvalue weighted by atomic mass is 10.1. The molecule has 5 heteroatoms. The molecule has 1 unspecified atom stereocenters. The first-order valence-electron chi connectivity index (χ1n) is 4.44. The molecular formula is C10H11Cl2NO2. The van der Waals surface area contributed by atoms with E-state index in [1.165, 1.54) is 0 Å². The molecule has 82 valence electrons. The molecule has 0 bridgehead atoms. The summed E-state index contributed by atoms with van der Waals surface area (Å²) in [5.41, 5.74) is 6.08. The second-order valence-corrected chi connectivity index (χ2v) is 3.68. The van der Waals surface area contributed by atoms with Gasteiger partial charge < -0.3 is 10.5 Å². The molecule has 3 nitrogen and oxygen atoms in total. The highest BCUT2D eigenvalue weighted by molar-refractivity contribution is 6.36. The van der Waals surface area contributed by atoms with Crippen LogP contribution in [0.3, 0.4) is 0 Å². The SMILES string of the molecule is CCOC(=O)C(N)c1c(Cl)cccc1Cl. The molecule has 0 aliphatic heterocycles. The summed E-state index contributed by atoms with van der Waals surface area (Å²) >= 11 is 11.8. The Kier molecular flexibility index (Phi) is 4.39. The zero-order valence-electron chi connectivity index (χ0n) is 8.17. The van der Waals surface area contributed by atoms with Crippen LogP contribution in [0.5, 0.6) is 0 Å². The molecule has 0 radical (unpaired) electrons. The highest BCUT2D eigenvalue weighted by Crippen LogP contribution is 2.29. The van der Waals surface area contributed by atoms with E-state index in [1.54, 1.807) is 25.1 Å². The van der Waals surface area contributed by atoms with E-state index in [-0.39, 0.29) is 6.61 Å². The van der Waals surface area contributed by atoms with Crippen molar-refractivity contribution in [2.24, 2.45) is 5.73 Å². The Morgan fingerprint density at radius 2 is 2.00 bits per heavy atom. The summed E-state index contributed by atoms with van der Waals surface area (Å²) in [6, 6.07) is 4.00. The van der Waals surface area contributed by atoms with Crippen molar-refractivity contribution in [3.63, 3.8) is 0 Å². The lowest BCUT2D eigenvalue weighted by Crippen LogP contribution is -2.24. The molecule has 0 saturated carbocycles. The molecule has 1 rings (SSSR count). The van der Waals surface area contributed by atoms with Gasteiger partial charge in [-0.1, -0.05) is 29.3 Å². The van der Waals surface area contributed by atoms with Gasteiger partial charge in [0.25, 0.3) is 0 Å². The second kappa shape index (κ2) is 5.35. The number of nitrogens with two attached hydrogens (primary N) is 1. The van der Waals surface area contributed by atoms with Crippen LogP contribution in [-0.2, 0) is 9.53 Å². The predicted octanol–water partition coefficient (Wildman–Crippen LogP) is 2.56. The number of carbonyl (C=O) groups is 1. The van der Waals surface area contributed by atoms with E-state index in [4.69, 9.17) is 33.7 Å². The number of halogens is 2. The average molecular weight is 248 g/mol. The van der Waals surface area contributed by atoms with Gasteiger partial charge in [-0.3, -0.25) is 0 Å². The third-order valence-electron chi connectivity index (χ3n) is 1.85. The minimum Gasteiger partial charge on any atom is -0.465 e. The number of esters is 1. The van der Waals surface area contributed by atoms with Gasteiger partial charge in [-0.05, 0) is 19.1 Å². The predicted molar refractivity (Wildman–Crippen MR) is 60.0 cm³/mol. The molecule has 0 amide bonds. The Balaban J connectivity index is 3.00. The first-order valence-corrected chi connectivity index (χ1v) is 5.19. The molecule has 15 heavy (non-hydrogen) atoms. The Morgan fingerprint density at radius 3 is 2.47 bits per heavy atom. The van der Waals surface area contributed by atoms with Crippen LogP contribution in [0.4, 0.5) is 0 Å². The molecule has 0 fully saturated rings. The van der Waals surface area contributed by atoms with Crippen LogP contribution >= 0.6 is 23.2 Å². The Bertz CT molecular complexity index is 348. The zero-order valence-corrected chi connectivity index (χ0v) is 9.68. The first kappa shape index (κ1) is 12.3. The summed E-state index contributed by atoms with van der Waals surface area (Å²) in [6.45, 7) is 1.98. The van der Waals surface area contributed by atoms with Gasteiger partial charge in [0, 0.05) is 15.6 Å². The van der Waals surface area contributed by atoms with Crippen LogP contribution in [0.25, 0.3) is 0 Å². The fraction of sp³-hybridized carbons (Fsp3) is 0.300. The maximum absolute atomic E-state index is 11.4. The molecule has 1 aromatic carbocycles. The van der Waals surface area contributed by atoms with Crippen LogP contribution in [0.15, 0.2) is 18.2 Å². The topological polar surface area (TPSA) is 52.3 Å². The largest absolute Gasteiger partial charge is 0.465 e. The fourth-order valence-electron chi connectivity index (χ4n) is 1.16. The van der Waals surface area contributed by atoms with Crippen molar-refractivity contribution in [2.45, 2.75) is 13.0 Å². The van der Waals surface area contributed by atoms with Gasteiger partial charge in [0.1, 0.15) is 6.04 Å². The number of benzene rings is 1. The third-order valence-corrected chi connectivity index (χ3v) is 2.51. The lowest BCUT2D eigenvalue weighted by Gasteiger charge is -2.13. The standard InChI is InChI=1S/C10H11Cl2NO2/c1-2-15-10(14)9(13)8-6(11)4-3-5-7(8)12/h3-5,9H,2,13H2,1H3. The van der Waals surface area contributed by atoms with Gasteiger partial charge in [-0.2, -0.15) is 0 Å². The quantitative estimate of drug-likeness (QED) is 0.836. The molecule has 0 saturated heterocycles. The van der Waals surface area contributed by atoms with Crippen molar-refractivity contribution < 1.29 is 9.53 Å². The summed E-state index contributed by atoms with van der Waals surface area (Å²) < 4.78 is 4.79. The van der Waals surface area contributed by atoms with Crippen LogP contribution < -0.4 is 5.73 Å². The molecule has 0 aliphatic rings. The van der Waals surface area contributed by atoms with Crippen molar-refractivity contribution in [3.05, 3.63) is 33.8 Å². The van der Waals surface area contributed by atoms with Crippen LogP contribution in [0.2, 0.25) is 10.0 Å². The van der Waals surface area contributed by atoms with Crippen molar-refractivity contribution >= 4 is 29.2 Å². The normalized spacial score (nSPS) is 12.3. The number of hydrogen-bond donors (Lipinski definition) is 1. The average Bonchev–Trinajstić information content (AvgIpc) is 2.17. The number of ether oxygens (including phenoxy) is 1. The number of hydrogen-bond acceptors (Lipinski definition) is 3. The van der Waals surface area contributed by atoms with Gasteiger partial charge in [0.05, 0.1) is 6.61 Å². The first-order chi connectivity index (χ1) is 7.07. The fourth-order valence-corrected chi connectivity index (χ4v) is 1.79. The van der Waals surface area contributed by atoms with Crippen molar-refractivity contribution in [3.8, 4) is 0 Å². The maximum Gasteiger partial charge on any atom is 0.327 e. The molecule has 1 aromatic rings. The summed E-state index contributed by atoms with van der Waals surface area (Å²) in [5.74, 6) is -0.535. The molecule has 1 atom stereocenters. The summed E-state index contributed by atoms with van der Waals surface area (Å²) in [4.78, 5) is 11.4. The third kappa shape index (κ3) is 2.84. The minimum absolute atomic E-state index is 0.272. The van der Waals surface area contributed by atoms with Gasteiger partial charge >= 0.3 is 5.97 Å². The highest BCUT2D eigenvalue weighted by Gasteiger charge is 2.22. The smallest absolute Gasteiger partial charge is 0.327 e. The van der Waals surface area contributed by atoms with Crippen molar-refractivity contribution in [2.75, 3.05) is 6.61 Å². The van der Waals surface area contributed by atoms with Crippen molar-refractivity contribution in [1.29, 1.82) is 0 Å². The molecular weight excluding hydrogens is 237 g/mol. The van der Waals surface area contributed by atoms with E-state index >= 15 is 0 Å². The summed E-state index contributed by atoms with van der Waals surface area (Å²) in [6.07, 6.45) is 0. The summed E-state index contributed by atoms with van der Waals surface area (Å²) in [7, 11) is 0. The second-order valence-electron chi connectivity index (χ2n) is 2.87. The van der Waals surface area contributed by atoms with E-state index in [9.17, 15) is 4.79 Å². The van der Waals surface area contributed by atoms with Gasteiger partial charge in [0.2, 0.25) is 0 Å². The van der Waals surface area contributed by atoms with Gasteiger partial charge in [0.15, 0.2) is 0 Å². The Hall–Kier alpha value is -0.770. The molecule has 0 aliphatic carbocycles. The van der Waals surface area contributed by atoms with Crippen molar-refractivity contribution in [1.82, 2.24) is 0 Å². The van der Waals surface area contributed by atoms with E-state index in [0.29, 0.717) is 15.6 Å². The molecule has 0 aromatic heterocycles. The monoisotopic (exact) mass is 247 g/mol. The van der Waals surface area contributed by atoms with Crippen LogP contribution in [-0.4, -0.2) is 12.6 Å². The Morgan fingerprint density at radius 1 is 1.47 bits per heavy atom. The van der Waals surface area contributed by atoms with E-state index in [0.717, 1.165) is 0 Å². The zero-order chi connectivity index (χ0) is 11.4. The summed E-state index contributed by atoms with van der Waals surface area (Å²) in [5, 5.41) is 0.728. The van der Waals surface area contributed by atoms with Gasteiger partial charge in [-0.25, -0.2) is 4.79 Å². The van der Waals surface area contributed by atoms with Crippen LogP contribution in [0, 0.1) is 0 Å². The highest BCUT2D eigenvalue weighted by atomic mass is 35.5.